The van der Waals surface area contributed by atoms with Crippen LogP contribution in [-0.2, 0) is 16.1 Å². The maximum atomic E-state index is 12.3. The van der Waals surface area contributed by atoms with Crippen LogP contribution in [0.2, 0.25) is 0 Å². The summed E-state index contributed by atoms with van der Waals surface area (Å²) in [6.45, 7) is 2.19. The number of carbonyl (C=O) groups excluding carboxylic acids is 2. The quantitative estimate of drug-likeness (QED) is 0.352. The fourth-order valence-electron chi connectivity index (χ4n) is 2.31. The molecule has 0 saturated heterocycles. The van der Waals surface area contributed by atoms with Gasteiger partial charge in [0.25, 0.3) is 11.6 Å². The lowest BCUT2D eigenvalue weighted by molar-refractivity contribution is -0.384. The topological polar surface area (TPSA) is 116 Å². The molecule has 8 nitrogen and oxygen atoms in total. The highest BCUT2D eigenvalue weighted by atomic mass is 16.6. The normalized spacial score (nSPS) is 10.2. The van der Waals surface area contributed by atoms with E-state index in [1.165, 1.54) is 12.1 Å². The van der Waals surface area contributed by atoms with Crippen molar-refractivity contribution in [3.8, 4) is 0 Å². The third-order valence-corrected chi connectivity index (χ3v) is 3.75. The summed E-state index contributed by atoms with van der Waals surface area (Å²) >= 11 is 0. The number of hydrogen-bond acceptors (Lipinski definition) is 6. The fraction of sp³-hybridized carbons (Fsp3) is 0.222. The number of ether oxygens (including phenoxy) is 1. The molecule has 136 valence electrons. The van der Waals surface area contributed by atoms with E-state index in [1.54, 1.807) is 4.90 Å². The van der Waals surface area contributed by atoms with Crippen molar-refractivity contribution >= 4 is 23.3 Å². The molecule has 2 aromatic rings. The summed E-state index contributed by atoms with van der Waals surface area (Å²) in [5.41, 5.74) is 6.25. The van der Waals surface area contributed by atoms with Crippen LogP contribution in [0.5, 0.6) is 0 Å². The van der Waals surface area contributed by atoms with Crippen LogP contribution in [0.1, 0.15) is 22.8 Å². The van der Waals surface area contributed by atoms with Crippen molar-refractivity contribution in [2.45, 2.75) is 13.5 Å². The zero-order chi connectivity index (χ0) is 19.1. The summed E-state index contributed by atoms with van der Waals surface area (Å²) in [6.07, 6.45) is 0. The molecule has 0 atom stereocenters. The van der Waals surface area contributed by atoms with Crippen LogP contribution in [0.15, 0.2) is 48.5 Å². The van der Waals surface area contributed by atoms with Crippen LogP contribution in [0.4, 0.5) is 11.4 Å². The first kappa shape index (κ1) is 18.9. The van der Waals surface area contributed by atoms with Gasteiger partial charge in [-0.1, -0.05) is 30.3 Å². The number of esters is 1. The number of nitrogens with zero attached hydrogens (tertiary/aromatic N) is 2. The maximum Gasteiger partial charge on any atom is 0.341 e. The molecule has 2 rings (SSSR count). The monoisotopic (exact) mass is 357 g/mol. The van der Waals surface area contributed by atoms with Crippen molar-refractivity contribution in [1.29, 1.82) is 0 Å². The average molecular weight is 357 g/mol. The molecule has 2 aromatic carbocycles. The van der Waals surface area contributed by atoms with Crippen LogP contribution in [-0.4, -0.2) is 34.9 Å². The Morgan fingerprint density at radius 3 is 2.50 bits per heavy atom. The number of nitro groups is 1. The standard InChI is InChI=1S/C18H19N3O5/c1-2-20(11-13-6-4-3-5-7-13)17(22)12-26-18(23)15-10-14(21(24)25)8-9-16(15)19/h3-10H,2,11-12,19H2,1H3. The summed E-state index contributed by atoms with van der Waals surface area (Å²) in [5, 5.41) is 10.8. The lowest BCUT2D eigenvalue weighted by Crippen LogP contribution is -2.34. The van der Waals surface area contributed by atoms with Gasteiger partial charge >= 0.3 is 5.97 Å². The number of nitrogens with two attached hydrogens (primary N) is 1. The Labute approximate surface area is 150 Å². The molecule has 0 aliphatic carbocycles. The summed E-state index contributed by atoms with van der Waals surface area (Å²) in [5.74, 6) is -1.25. The van der Waals surface area contributed by atoms with E-state index < -0.39 is 17.5 Å². The Bertz CT molecular complexity index is 808. The van der Waals surface area contributed by atoms with E-state index in [9.17, 15) is 19.7 Å². The smallest absolute Gasteiger partial charge is 0.341 e. The number of hydrogen-bond donors (Lipinski definition) is 1. The van der Waals surface area contributed by atoms with Crippen LogP contribution in [0, 0.1) is 10.1 Å². The zero-order valence-corrected chi connectivity index (χ0v) is 14.3. The molecule has 8 heteroatoms. The predicted molar refractivity (Wildman–Crippen MR) is 95.3 cm³/mol. The number of nitrogen functional groups attached to an aromatic ring is 1. The first-order valence-electron chi connectivity index (χ1n) is 7.95. The van der Waals surface area contributed by atoms with Crippen molar-refractivity contribution < 1.29 is 19.2 Å². The summed E-state index contributed by atoms with van der Waals surface area (Å²) in [6, 6.07) is 12.9. The fourth-order valence-corrected chi connectivity index (χ4v) is 2.31. The van der Waals surface area contributed by atoms with Gasteiger partial charge in [0, 0.05) is 30.9 Å². The van der Waals surface area contributed by atoms with E-state index in [4.69, 9.17) is 10.5 Å². The summed E-state index contributed by atoms with van der Waals surface area (Å²) in [7, 11) is 0. The van der Waals surface area contributed by atoms with Crippen molar-refractivity contribution in [1.82, 2.24) is 4.90 Å². The lowest BCUT2D eigenvalue weighted by atomic mass is 10.1. The second kappa shape index (κ2) is 8.61. The van der Waals surface area contributed by atoms with Gasteiger partial charge in [-0.05, 0) is 18.6 Å². The number of carbonyl (C=O) groups is 2. The van der Waals surface area contributed by atoms with Crippen LogP contribution >= 0.6 is 0 Å². The Balaban J connectivity index is 2.00. The summed E-state index contributed by atoms with van der Waals surface area (Å²) in [4.78, 5) is 36.1. The van der Waals surface area contributed by atoms with Gasteiger partial charge in [0.2, 0.25) is 0 Å². The molecule has 0 spiro atoms. The van der Waals surface area contributed by atoms with Gasteiger partial charge in [-0.25, -0.2) is 4.79 Å². The van der Waals surface area contributed by atoms with E-state index in [2.05, 4.69) is 0 Å². The molecular formula is C18H19N3O5. The Morgan fingerprint density at radius 2 is 1.88 bits per heavy atom. The molecule has 0 aliphatic rings. The highest BCUT2D eigenvalue weighted by Crippen LogP contribution is 2.20. The molecule has 0 aromatic heterocycles. The molecule has 0 radical (unpaired) electrons. The second-order valence-electron chi connectivity index (χ2n) is 5.50. The number of amides is 1. The van der Waals surface area contributed by atoms with Crippen LogP contribution in [0.3, 0.4) is 0 Å². The minimum atomic E-state index is -0.879. The van der Waals surface area contributed by atoms with Gasteiger partial charge in [-0.3, -0.25) is 14.9 Å². The van der Waals surface area contributed by atoms with E-state index in [-0.39, 0.29) is 22.8 Å². The van der Waals surface area contributed by atoms with E-state index in [0.717, 1.165) is 11.6 Å². The van der Waals surface area contributed by atoms with Gasteiger partial charge in [0.15, 0.2) is 6.61 Å². The molecule has 1 amide bonds. The SMILES string of the molecule is CCN(Cc1ccccc1)C(=O)COC(=O)c1cc([N+](=O)[O-])ccc1N. The number of rotatable bonds is 7. The molecule has 0 saturated carbocycles. The van der Waals surface area contributed by atoms with Crippen molar-refractivity contribution in [3.05, 3.63) is 69.8 Å². The van der Waals surface area contributed by atoms with Crippen molar-refractivity contribution in [3.63, 3.8) is 0 Å². The molecule has 0 unspecified atom stereocenters. The Kier molecular flexibility index (Phi) is 6.26. The molecule has 26 heavy (non-hydrogen) atoms. The van der Waals surface area contributed by atoms with E-state index in [1.807, 2.05) is 37.3 Å². The molecule has 2 N–H and O–H groups in total. The first-order chi connectivity index (χ1) is 12.4. The zero-order valence-electron chi connectivity index (χ0n) is 14.3. The first-order valence-corrected chi connectivity index (χ1v) is 7.95. The van der Waals surface area contributed by atoms with E-state index >= 15 is 0 Å². The Morgan fingerprint density at radius 1 is 1.19 bits per heavy atom. The van der Waals surface area contributed by atoms with Gasteiger partial charge in [-0.15, -0.1) is 0 Å². The van der Waals surface area contributed by atoms with Crippen LogP contribution in [0.25, 0.3) is 0 Å². The second-order valence-corrected chi connectivity index (χ2v) is 5.50. The molecule has 0 heterocycles. The predicted octanol–water partition coefficient (Wildman–Crippen LogP) is 2.38. The van der Waals surface area contributed by atoms with Crippen molar-refractivity contribution in [2.24, 2.45) is 0 Å². The minimum Gasteiger partial charge on any atom is -0.452 e. The minimum absolute atomic E-state index is 0.0460. The average Bonchev–Trinajstić information content (AvgIpc) is 2.64. The number of likely N-dealkylation sites (N-methyl/N-ethyl adjacent to an activating group) is 1. The summed E-state index contributed by atoms with van der Waals surface area (Å²) < 4.78 is 4.99. The molecule has 0 bridgehead atoms. The van der Waals surface area contributed by atoms with E-state index in [0.29, 0.717) is 13.1 Å². The lowest BCUT2D eigenvalue weighted by Gasteiger charge is -2.21. The number of benzene rings is 2. The van der Waals surface area contributed by atoms with Gasteiger partial charge < -0.3 is 15.4 Å². The van der Waals surface area contributed by atoms with Gasteiger partial charge in [-0.2, -0.15) is 0 Å². The van der Waals surface area contributed by atoms with Gasteiger partial charge in [0.05, 0.1) is 10.5 Å². The van der Waals surface area contributed by atoms with Gasteiger partial charge in [0.1, 0.15) is 0 Å². The third-order valence-electron chi connectivity index (χ3n) is 3.75. The van der Waals surface area contributed by atoms with Crippen molar-refractivity contribution in [2.75, 3.05) is 18.9 Å². The van der Waals surface area contributed by atoms with Crippen LogP contribution < -0.4 is 5.73 Å². The third kappa shape index (κ3) is 4.79. The molecule has 0 fully saturated rings. The highest BCUT2D eigenvalue weighted by molar-refractivity contribution is 5.97. The molecule has 0 aliphatic heterocycles. The molecular weight excluding hydrogens is 338 g/mol. The Hall–Kier alpha value is -3.42. The largest absolute Gasteiger partial charge is 0.452 e. The highest BCUT2D eigenvalue weighted by Gasteiger charge is 2.19. The number of non-ortho nitro benzene ring substituents is 1. The number of anilines is 1. The number of nitro benzene ring substituents is 1. The maximum absolute atomic E-state index is 12.3.